The second-order valence-electron chi connectivity index (χ2n) is 6.02. The number of carbonyl (C=O) groups excluding carboxylic acids is 1. The predicted molar refractivity (Wildman–Crippen MR) is 102 cm³/mol. The van der Waals surface area contributed by atoms with E-state index in [-0.39, 0.29) is 11.3 Å². The molecular formula is C20H16N4O3. The maximum Gasteiger partial charge on any atom is 0.267 e. The zero-order valence-electron chi connectivity index (χ0n) is 14.5. The van der Waals surface area contributed by atoms with Crippen LogP contribution in [0.15, 0.2) is 71.7 Å². The van der Waals surface area contributed by atoms with Crippen LogP contribution in [0, 0.1) is 0 Å². The van der Waals surface area contributed by atoms with Crippen LogP contribution in [0.1, 0.15) is 10.4 Å². The van der Waals surface area contributed by atoms with Crippen molar-refractivity contribution in [3.63, 3.8) is 0 Å². The summed E-state index contributed by atoms with van der Waals surface area (Å²) in [4.78, 5) is 25.5. The van der Waals surface area contributed by atoms with E-state index in [9.17, 15) is 14.7 Å². The van der Waals surface area contributed by atoms with Crippen molar-refractivity contribution >= 4 is 22.6 Å². The van der Waals surface area contributed by atoms with Gasteiger partial charge in [0, 0.05) is 18.5 Å². The van der Waals surface area contributed by atoms with Crippen molar-refractivity contribution in [1.29, 1.82) is 0 Å². The first-order chi connectivity index (χ1) is 13.1. The molecule has 0 fully saturated rings. The number of aromatic hydroxyl groups is 1. The first-order valence-corrected chi connectivity index (χ1v) is 8.29. The molecule has 1 amide bonds. The third kappa shape index (κ3) is 2.75. The fraction of sp³-hybridized carbons (Fsp3) is 0.0500. The van der Waals surface area contributed by atoms with Crippen molar-refractivity contribution < 1.29 is 9.90 Å². The highest BCUT2D eigenvalue weighted by Crippen LogP contribution is 2.26. The highest BCUT2D eigenvalue weighted by Gasteiger charge is 2.22. The maximum absolute atomic E-state index is 12.8. The minimum absolute atomic E-state index is 0.308. The highest BCUT2D eigenvalue weighted by molar-refractivity contribution is 6.08. The second-order valence-corrected chi connectivity index (χ2v) is 6.02. The summed E-state index contributed by atoms with van der Waals surface area (Å²) in [6.45, 7) is 0. The monoisotopic (exact) mass is 360 g/mol. The number of carbonyl (C=O) groups is 1. The molecule has 0 aliphatic heterocycles. The summed E-state index contributed by atoms with van der Waals surface area (Å²) in [5.74, 6) is -0.644. The SMILES string of the molecule is Cn1c(=O)c(C(=O)Nc2ccnn2-c2ccccc2)c(O)c2ccccc21. The molecule has 2 heterocycles. The van der Waals surface area contributed by atoms with Gasteiger partial charge in [0.1, 0.15) is 17.1 Å². The summed E-state index contributed by atoms with van der Waals surface area (Å²) in [5.41, 5.74) is 0.422. The predicted octanol–water partition coefficient (Wildman–Crippen LogP) is 2.68. The van der Waals surface area contributed by atoms with Crippen molar-refractivity contribution in [2.45, 2.75) is 0 Å². The molecule has 0 spiro atoms. The molecule has 0 saturated carbocycles. The fourth-order valence-corrected chi connectivity index (χ4v) is 3.04. The van der Waals surface area contributed by atoms with E-state index in [0.717, 1.165) is 5.69 Å². The quantitative estimate of drug-likeness (QED) is 0.588. The zero-order valence-corrected chi connectivity index (χ0v) is 14.5. The van der Waals surface area contributed by atoms with E-state index in [1.165, 1.54) is 4.57 Å². The smallest absolute Gasteiger partial charge is 0.267 e. The fourth-order valence-electron chi connectivity index (χ4n) is 3.04. The Morgan fingerprint density at radius 1 is 1.04 bits per heavy atom. The van der Waals surface area contributed by atoms with Crippen LogP contribution in [0.25, 0.3) is 16.6 Å². The normalized spacial score (nSPS) is 10.9. The molecule has 7 nitrogen and oxygen atoms in total. The number of nitrogens with zero attached hydrogens (tertiary/aromatic N) is 3. The minimum atomic E-state index is -0.698. The zero-order chi connectivity index (χ0) is 19.0. The van der Waals surface area contributed by atoms with Crippen LogP contribution in [0.2, 0.25) is 0 Å². The lowest BCUT2D eigenvalue weighted by Gasteiger charge is -2.12. The average molecular weight is 360 g/mol. The molecule has 0 atom stereocenters. The van der Waals surface area contributed by atoms with Crippen LogP contribution in [-0.2, 0) is 7.05 Å². The lowest BCUT2D eigenvalue weighted by molar-refractivity contribution is 0.102. The summed E-state index contributed by atoms with van der Waals surface area (Å²) < 4.78 is 2.89. The van der Waals surface area contributed by atoms with Crippen molar-refractivity contribution in [3.8, 4) is 11.4 Å². The standard InChI is InChI=1S/C20H16N4O3/c1-23-15-10-6-5-9-14(15)18(25)17(20(23)27)19(26)22-16-11-12-21-24(16)13-7-3-2-4-8-13/h2-12,25H,1H3,(H,22,26). The van der Waals surface area contributed by atoms with Gasteiger partial charge in [0.15, 0.2) is 0 Å². The number of aryl methyl sites for hydroxylation is 1. The number of aromatic nitrogens is 3. The van der Waals surface area contributed by atoms with E-state index in [0.29, 0.717) is 16.7 Å². The van der Waals surface area contributed by atoms with Crippen LogP contribution >= 0.6 is 0 Å². The lowest BCUT2D eigenvalue weighted by Crippen LogP contribution is -2.28. The van der Waals surface area contributed by atoms with Crippen LogP contribution in [-0.4, -0.2) is 25.4 Å². The number of para-hydroxylation sites is 2. The van der Waals surface area contributed by atoms with Crippen molar-refractivity contribution in [2.75, 3.05) is 5.32 Å². The number of hydrogen-bond acceptors (Lipinski definition) is 4. The Morgan fingerprint density at radius 3 is 2.52 bits per heavy atom. The molecule has 4 aromatic rings. The number of fused-ring (bicyclic) bond motifs is 1. The summed E-state index contributed by atoms with van der Waals surface area (Å²) >= 11 is 0. The molecule has 2 N–H and O–H groups in total. The molecule has 7 heteroatoms. The number of pyridine rings is 1. The number of amides is 1. The Kier molecular flexibility index (Phi) is 3.97. The van der Waals surface area contributed by atoms with Crippen molar-refractivity contribution in [1.82, 2.24) is 14.3 Å². The van der Waals surface area contributed by atoms with E-state index in [2.05, 4.69) is 10.4 Å². The van der Waals surface area contributed by atoms with Gasteiger partial charge in [-0.05, 0) is 24.3 Å². The highest BCUT2D eigenvalue weighted by atomic mass is 16.3. The van der Waals surface area contributed by atoms with Gasteiger partial charge in [-0.25, -0.2) is 4.68 Å². The molecular weight excluding hydrogens is 344 g/mol. The molecule has 0 aliphatic rings. The van der Waals surface area contributed by atoms with E-state index in [4.69, 9.17) is 0 Å². The molecule has 2 aromatic carbocycles. The van der Waals surface area contributed by atoms with Crippen LogP contribution in [0.4, 0.5) is 5.82 Å². The van der Waals surface area contributed by atoms with E-state index < -0.39 is 11.5 Å². The first kappa shape index (κ1) is 16.6. The van der Waals surface area contributed by atoms with Gasteiger partial charge in [-0.3, -0.25) is 9.59 Å². The van der Waals surface area contributed by atoms with Crippen LogP contribution in [0.5, 0.6) is 5.75 Å². The van der Waals surface area contributed by atoms with Gasteiger partial charge in [-0.15, -0.1) is 0 Å². The van der Waals surface area contributed by atoms with E-state index in [1.807, 2.05) is 30.3 Å². The van der Waals surface area contributed by atoms with E-state index >= 15 is 0 Å². The third-order valence-electron chi connectivity index (χ3n) is 4.39. The Bertz CT molecular complexity index is 1210. The van der Waals surface area contributed by atoms with Gasteiger partial charge >= 0.3 is 0 Å². The van der Waals surface area contributed by atoms with Crippen molar-refractivity contribution in [3.05, 3.63) is 82.8 Å². The molecule has 134 valence electrons. The minimum Gasteiger partial charge on any atom is -0.506 e. The van der Waals surface area contributed by atoms with Gasteiger partial charge < -0.3 is 15.0 Å². The Balaban J connectivity index is 1.78. The molecule has 0 saturated heterocycles. The van der Waals surface area contributed by atoms with Gasteiger partial charge in [0.25, 0.3) is 11.5 Å². The van der Waals surface area contributed by atoms with Crippen LogP contribution < -0.4 is 10.9 Å². The molecule has 27 heavy (non-hydrogen) atoms. The molecule has 4 rings (SSSR count). The molecule has 0 radical (unpaired) electrons. The summed E-state index contributed by atoms with van der Waals surface area (Å²) in [5, 5.41) is 17.8. The Morgan fingerprint density at radius 2 is 1.74 bits per heavy atom. The summed E-state index contributed by atoms with van der Waals surface area (Å²) in [6, 6.07) is 17.8. The Labute approximate surface area is 154 Å². The largest absolute Gasteiger partial charge is 0.506 e. The molecule has 0 aliphatic carbocycles. The second kappa shape index (κ2) is 6.45. The van der Waals surface area contributed by atoms with Crippen molar-refractivity contribution in [2.24, 2.45) is 7.05 Å². The van der Waals surface area contributed by atoms with E-state index in [1.54, 1.807) is 48.3 Å². The number of rotatable bonds is 3. The van der Waals surface area contributed by atoms with Gasteiger partial charge in [0.2, 0.25) is 0 Å². The number of nitrogens with one attached hydrogen (secondary N) is 1. The summed E-state index contributed by atoms with van der Waals surface area (Å²) in [6.07, 6.45) is 1.54. The first-order valence-electron chi connectivity index (χ1n) is 8.29. The molecule has 2 aromatic heterocycles. The molecule has 0 bridgehead atoms. The topological polar surface area (TPSA) is 89.2 Å². The number of anilines is 1. The molecule has 0 unspecified atom stereocenters. The lowest BCUT2D eigenvalue weighted by atomic mass is 10.1. The van der Waals surface area contributed by atoms with Gasteiger partial charge in [0.05, 0.1) is 17.4 Å². The third-order valence-corrected chi connectivity index (χ3v) is 4.39. The summed E-state index contributed by atoms with van der Waals surface area (Å²) in [7, 11) is 1.56. The van der Waals surface area contributed by atoms with Crippen LogP contribution in [0.3, 0.4) is 0 Å². The Hall–Kier alpha value is -3.87. The van der Waals surface area contributed by atoms with Gasteiger partial charge in [-0.1, -0.05) is 30.3 Å². The number of benzene rings is 2. The average Bonchev–Trinajstić information content (AvgIpc) is 3.15. The van der Waals surface area contributed by atoms with Gasteiger partial charge in [-0.2, -0.15) is 5.10 Å². The number of hydrogen-bond donors (Lipinski definition) is 2. The maximum atomic E-state index is 12.8.